The fourth-order valence-electron chi connectivity index (χ4n) is 2.17. The Bertz CT molecular complexity index is 457. The molecule has 0 bridgehead atoms. The summed E-state index contributed by atoms with van der Waals surface area (Å²) in [5.41, 5.74) is 4.80. The summed E-state index contributed by atoms with van der Waals surface area (Å²) < 4.78 is 30.7. The van der Waals surface area contributed by atoms with E-state index in [9.17, 15) is 13.9 Å². The largest absolute Gasteiger partial charge is 0.504 e. The molecule has 1 aliphatic rings. The molecule has 0 saturated heterocycles. The van der Waals surface area contributed by atoms with Gasteiger partial charge in [0.25, 0.3) is 5.92 Å². The normalized spacial score (nSPS) is 20.8. The fourth-order valence-corrected chi connectivity index (χ4v) is 2.38. The maximum atomic E-state index is 12.9. The lowest BCUT2D eigenvalue weighted by Crippen LogP contribution is -2.55. The third-order valence-electron chi connectivity index (χ3n) is 2.94. The molecule has 1 aromatic carbocycles. The molecule has 0 atom stereocenters. The van der Waals surface area contributed by atoms with Crippen LogP contribution in [0.4, 0.5) is 8.78 Å². The van der Waals surface area contributed by atoms with Gasteiger partial charge < -0.3 is 15.6 Å². The van der Waals surface area contributed by atoms with E-state index in [1.807, 2.05) is 0 Å². The number of phenols is 1. The number of ether oxygens (including phenoxy) is 1. The van der Waals surface area contributed by atoms with E-state index >= 15 is 0 Å². The molecule has 0 unspecified atom stereocenters. The van der Waals surface area contributed by atoms with Crippen molar-refractivity contribution in [3.8, 4) is 11.5 Å². The molecule has 1 fully saturated rings. The molecule has 6 heteroatoms. The van der Waals surface area contributed by atoms with E-state index in [0.717, 1.165) is 0 Å². The first-order chi connectivity index (χ1) is 7.77. The average molecular weight is 264 g/mol. The minimum atomic E-state index is -2.78. The Hall–Kier alpha value is -1.07. The number of hydrogen-bond acceptors (Lipinski definition) is 3. The zero-order valence-electron chi connectivity index (χ0n) is 9.14. The summed E-state index contributed by atoms with van der Waals surface area (Å²) in [6.45, 7) is 0. The lowest BCUT2D eigenvalue weighted by molar-refractivity contribution is -0.125. The van der Waals surface area contributed by atoms with Gasteiger partial charge in [0, 0.05) is 29.5 Å². The van der Waals surface area contributed by atoms with E-state index < -0.39 is 24.3 Å². The lowest BCUT2D eigenvalue weighted by atomic mass is 9.69. The number of phenolic OH excluding ortho intramolecular Hbond substituents is 1. The number of halogens is 3. The molecular weight excluding hydrogens is 252 g/mol. The van der Waals surface area contributed by atoms with E-state index in [4.69, 9.17) is 22.1 Å². The van der Waals surface area contributed by atoms with E-state index in [2.05, 4.69) is 0 Å². The number of rotatable bonds is 2. The number of aromatic hydroxyl groups is 1. The molecule has 1 saturated carbocycles. The van der Waals surface area contributed by atoms with Crippen LogP contribution in [-0.4, -0.2) is 18.1 Å². The zero-order valence-corrected chi connectivity index (χ0v) is 9.89. The SMILES string of the molecule is COc1cc(Cl)cc(C2(N)CC(F)(F)C2)c1O. The zero-order chi connectivity index (χ0) is 12.8. The lowest BCUT2D eigenvalue weighted by Gasteiger charge is -2.45. The second-order valence-electron chi connectivity index (χ2n) is 4.37. The van der Waals surface area contributed by atoms with Crippen LogP contribution in [0.3, 0.4) is 0 Å². The Morgan fingerprint density at radius 2 is 2.00 bits per heavy atom. The van der Waals surface area contributed by atoms with Gasteiger partial charge in [-0.3, -0.25) is 0 Å². The summed E-state index contributed by atoms with van der Waals surface area (Å²) in [5.74, 6) is -2.88. The molecule has 0 spiro atoms. The summed E-state index contributed by atoms with van der Waals surface area (Å²) >= 11 is 5.82. The highest BCUT2D eigenvalue weighted by atomic mass is 35.5. The highest BCUT2D eigenvalue weighted by Crippen LogP contribution is 2.53. The van der Waals surface area contributed by atoms with Crippen LogP contribution in [0.5, 0.6) is 11.5 Å². The molecule has 3 N–H and O–H groups in total. The van der Waals surface area contributed by atoms with E-state index in [1.165, 1.54) is 19.2 Å². The topological polar surface area (TPSA) is 55.5 Å². The van der Waals surface area contributed by atoms with E-state index in [0.29, 0.717) is 0 Å². The molecular formula is C11H12ClF2NO2. The van der Waals surface area contributed by atoms with E-state index in [-0.39, 0.29) is 22.1 Å². The van der Waals surface area contributed by atoms with Gasteiger partial charge in [0.2, 0.25) is 0 Å². The second kappa shape index (κ2) is 3.71. The number of hydrogen-bond donors (Lipinski definition) is 2. The van der Waals surface area contributed by atoms with Gasteiger partial charge >= 0.3 is 0 Å². The van der Waals surface area contributed by atoms with Crippen LogP contribution in [0.2, 0.25) is 5.02 Å². The molecule has 3 nitrogen and oxygen atoms in total. The summed E-state index contributed by atoms with van der Waals surface area (Å²) in [5, 5.41) is 10.2. The first kappa shape index (κ1) is 12.4. The molecule has 0 radical (unpaired) electrons. The molecule has 17 heavy (non-hydrogen) atoms. The standard InChI is InChI=1S/C11H12ClF2NO2/c1-17-8-3-6(12)2-7(9(8)16)10(15)4-11(13,14)5-10/h2-3,16H,4-5,15H2,1H3. The van der Waals surface area contributed by atoms with Crippen molar-refractivity contribution in [1.29, 1.82) is 0 Å². The third-order valence-corrected chi connectivity index (χ3v) is 3.16. The maximum Gasteiger partial charge on any atom is 0.252 e. The Balaban J connectivity index is 2.43. The van der Waals surface area contributed by atoms with Crippen molar-refractivity contribution in [2.24, 2.45) is 5.73 Å². The third kappa shape index (κ3) is 2.05. The Morgan fingerprint density at radius 1 is 1.41 bits per heavy atom. The van der Waals surface area contributed by atoms with Crippen molar-refractivity contribution in [2.45, 2.75) is 24.3 Å². The molecule has 2 rings (SSSR count). The van der Waals surface area contributed by atoms with Gasteiger partial charge in [0.05, 0.1) is 12.6 Å². The van der Waals surface area contributed by atoms with Crippen LogP contribution in [0.25, 0.3) is 0 Å². The molecule has 1 aliphatic carbocycles. The van der Waals surface area contributed by atoms with Crippen molar-refractivity contribution in [2.75, 3.05) is 7.11 Å². The minimum absolute atomic E-state index is 0.132. The van der Waals surface area contributed by atoms with Crippen LogP contribution >= 0.6 is 11.6 Å². The maximum absolute atomic E-state index is 12.9. The molecule has 94 valence electrons. The number of methoxy groups -OCH3 is 1. The number of alkyl halides is 2. The van der Waals surface area contributed by atoms with Crippen LogP contribution in [0.15, 0.2) is 12.1 Å². The highest BCUT2D eigenvalue weighted by Gasteiger charge is 2.56. The molecule has 0 aromatic heterocycles. The van der Waals surface area contributed by atoms with Gasteiger partial charge in [0.1, 0.15) is 0 Å². The van der Waals surface area contributed by atoms with E-state index in [1.54, 1.807) is 0 Å². The number of nitrogens with two attached hydrogens (primary N) is 1. The summed E-state index contributed by atoms with van der Waals surface area (Å²) in [4.78, 5) is 0. The van der Waals surface area contributed by atoms with Crippen LogP contribution in [0.1, 0.15) is 18.4 Å². The van der Waals surface area contributed by atoms with Crippen molar-refractivity contribution in [1.82, 2.24) is 0 Å². The Kier molecular flexibility index (Phi) is 2.71. The molecule has 0 heterocycles. The minimum Gasteiger partial charge on any atom is -0.504 e. The van der Waals surface area contributed by atoms with Gasteiger partial charge in [-0.05, 0) is 6.07 Å². The summed E-state index contributed by atoms with van der Waals surface area (Å²) in [6.07, 6.45) is -1.01. The van der Waals surface area contributed by atoms with Gasteiger partial charge in [-0.15, -0.1) is 0 Å². The number of benzene rings is 1. The molecule has 0 amide bonds. The quantitative estimate of drug-likeness (QED) is 0.862. The highest BCUT2D eigenvalue weighted by molar-refractivity contribution is 6.30. The first-order valence-corrected chi connectivity index (χ1v) is 5.39. The van der Waals surface area contributed by atoms with Crippen molar-refractivity contribution >= 4 is 11.6 Å². The van der Waals surface area contributed by atoms with Crippen molar-refractivity contribution < 1.29 is 18.6 Å². The first-order valence-electron chi connectivity index (χ1n) is 5.01. The smallest absolute Gasteiger partial charge is 0.252 e. The second-order valence-corrected chi connectivity index (χ2v) is 4.81. The average Bonchev–Trinajstić information content (AvgIpc) is 2.17. The Morgan fingerprint density at radius 3 is 2.47 bits per heavy atom. The van der Waals surface area contributed by atoms with Crippen LogP contribution in [-0.2, 0) is 5.54 Å². The monoisotopic (exact) mass is 263 g/mol. The van der Waals surface area contributed by atoms with Crippen LogP contribution in [0, 0.1) is 0 Å². The molecule has 1 aromatic rings. The van der Waals surface area contributed by atoms with Gasteiger partial charge in [-0.2, -0.15) is 0 Å². The van der Waals surface area contributed by atoms with Gasteiger partial charge in [-0.1, -0.05) is 11.6 Å². The predicted octanol–water partition coefficient (Wildman–Crippen LogP) is 2.64. The summed E-state index contributed by atoms with van der Waals surface area (Å²) in [7, 11) is 1.35. The molecule has 0 aliphatic heterocycles. The van der Waals surface area contributed by atoms with Crippen molar-refractivity contribution in [3.05, 3.63) is 22.7 Å². The van der Waals surface area contributed by atoms with Gasteiger partial charge in [-0.25, -0.2) is 8.78 Å². The van der Waals surface area contributed by atoms with Gasteiger partial charge in [0.15, 0.2) is 11.5 Å². The fraction of sp³-hybridized carbons (Fsp3) is 0.455. The summed E-state index contributed by atoms with van der Waals surface area (Å²) in [6, 6.07) is 2.80. The van der Waals surface area contributed by atoms with Crippen molar-refractivity contribution in [3.63, 3.8) is 0 Å². The van der Waals surface area contributed by atoms with Crippen LogP contribution < -0.4 is 10.5 Å². The predicted molar refractivity (Wildman–Crippen MR) is 59.7 cm³/mol. The Labute approximate surface area is 102 Å².